The number of urea groups is 1. The number of nitrogens with one attached hydrogen (secondary N) is 3. The number of hydroxylamine groups is 1. The van der Waals surface area contributed by atoms with Crippen LogP contribution in [0.15, 0.2) is 46.0 Å². The van der Waals surface area contributed by atoms with Crippen LogP contribution in [-0.2, 0) is 4.79 Å². The number of hydrogen-bond acceptors (Lipinski definition) is 7. The van der Waals surface area contributed by atoms with E-state index in [2.05, 4.69) is 36.5 Å². The highest BCUT2D eigenvalue weighted by Crippen LogP contribution is 2.24. The van der Waals surface area contributed by atoms with Crippen LogP contribution >= 0.6 is 15.9 Å². The summed E-state index contributed by atoms with van der Waals surface area (Å²) in [5, 5.41) is 23.9. The maximum Gasteiger partial charge on any atom is 0.321 e. The van der Waals surface area contributed by atoms with Gasteiger partial charge in [0.2, 0.25) is 5.78 Å². The Kier molecular flexibility index (Phi) is 8.69. The van der Waals surface area contributed by atoms with E-state index in [-0.39, 0.29) is 28.7 Å². The third-order valence-electron chi connectivity index (χ3n) is 5.07. The molecule has 33 heavy (non-hydrogen) atoms. The van der Waals surface area contributed by atoms with Crippen molar-refractivity contribution < 1.29 is 24.3 Å². The lowest BCUT2D eigenvalue weighted by Crippen LogP contribution is -2.44. The van der Waals surface area contributed by atoms with Crippen LogP contribution in [0, 0.1) is 11.7 Å². The van der Waals surface area contributed by atoms with Gasteiger partial charge in [0.1, 0.15) is 11.6 Å². The molecule has 0 bridgehead atoms. The number of rotatable bonds is 7. The topological polar surface area (TPSA) is 139 Å². The van der Waals surface area contributed by atoms with Crippen LogP contribution < -0.4 is 16.1 Å². The van der Waals surface area contributed by atoms with Crippen LogP contribution in [0.25, 0.3) is 0 Å². The first kappa shape index (κ1) is 24.6. The summed E-state index contributed by atoms with van der Waals surface area (Å²) in [5.41, 5.74) is 2.67. The number of likely N-dealkylation sites (tertiary alicyclic amines) is 1. The highest BCUT2D eigenvalue weighted by molar-refractivity contribution is 9.10. The predicted octanol–water partition coefficient (Wildman–Crippen LogP) is 2.91. The molecule has 1 aromatic heterocycles. The fraction of sp³-hybridized carbons (Fsp3) is 0.333. The van der Waals surface area contributed by atoms with Crippen molar-refractivity contribution in [2.24, 2.45) is 10.9 Å². The van der Waals surface area contributed by atoms with E-state index in [9.17, 15) is 19.2 Å². The Bertz CT molecular complexity index is 1010. The molecule has 3 rings (SSSR count). The lowest BCUT2D eigenvalue weighted by Gasteiger charge is -2.31. The zero-order valence-electron chi connectivity index (χ0n) is 17.6. The van der Waals surface area contributed by atoms with Gasteiger partial charge in [-0.15, -0.1) is 0 Å². The summed E-state index contributed by atoms with van der Waals surface area (Å²) in [7, 11) is 0. The number of benzene rings is 1. The zero-order chi connectivity index (χ0) is 23.8. The largest absolute Gasteiger partial charge is 0.395 e. The molecule has 1 aliphatic rings. The lowest BCUT2D eigenvalue weighted by molar-refractivity contribution is -0.118. The molecule has 5 N–H and O–H groups in total. The number of piperidine rings is 1. The highest BCUT2D eigenvalue weighted by Gasteiger charge is 2.30. The fourth-order valence-electron chi connectivity index (χ4n) is 3.32. The first-order valence-corrected chi connectivity index (χ1v) is 11.1. The number of halogens is 2. The van der Waals surface area contributed by atoms with Gasteiger partial charge in [-0.25, -0.2) is 24.6 Å². The molecule has 1 aromatic carbocycles. The minimum Gasteiger partial charge on any atom is -0.395 e. The Morgan fingerprint density at radius 1 is 1.24 bits per heavy atom. The number of carbonyl (C=O) groups is 2. The van der Waals surface area contributed by atoms with Gasteiger partial charge in [-0.1, -0.05) is 0 Å². The van der Waals surface area contributed by atoms with Crippen LogP contribution in [-0.4, -0.2) is 64.1 Å². The number of aromatic nitrogens is 1. The number of aliphatic hydroxyl groups excluding tert-OH is 1. The second-order valence-corrected chi connectivity index (χ2v) is 8.16. The predicted molar refractivity (Wildman–Crippen MR) is 124 cm³/mol. The minimum atomic E-state index is -0.463. The van der Waals surface area contributed by atoms with Crippen molar-refractivity contribution in [1.29, 1.82) is 0 Å². The van der Waals surface area contributed by atoms with Crippen LogP contribution in [0.1, 0.15) is 12.8 Å². The molecule has 12 heteroatoms. The van der Waals surface area contributed by atoms with E-state index >= 15 is 0 Å². The average molecular weight is 523 g/mol. The number of carbonyl (C=O) groups excluding carboxylic acids is 2. The maximum atomic E-state index is 13.4. The third kappa shape index (κ3) is 6.70. The van der Waals surface area contributed by atoms with Crippen molar-refractivity contribution in [1.82, 2.24) is 15.4 Å². The van der Waals surface area contributed by atoms with Crippen LogP contribution in [0.2, 0.25) is 0 Å². The SMILES string of the molecule is O=C(C(=Nc1ccc(F)c(Br)c1)NO)C1CCN(C(=O)Nc2ccc(NCCO)nc2)CC1. The molecular weight excluding hydrogens is 499 g/mol. The van der Waals surface area contributed by atoms with Crippen LogP contribution in [0.3, 0.4) is 0 Å². The fourth-order valence-corrected chi connectivity index (χ4v) is 3.68. The van der Waals surface area contributed by atoms with Gasteiger partial charge in [-0.3, -0.25) is 10.0 Å². The molecule has 176 valence electrons. The van der Waals surface area contributed by atoms with E-state index in [1.54, 1.807) is 17.0 Å². The van der Waals surface area contributed by atoms with Crippen molar-refractivity contribution in [2.75, 3.05) is 36.9 Å². The summed E-state index contributed by atoms with van der Waals surface area (Å²) in [6.07, 6.45) is 2.32. The summed E-state index contributed by atoms with van der Waals surface area (Å²) >= 11 is 3.06. The molecule has 10 nitrogen and oxygen atoms in total. The third-order valence-corrected chi connectivity index (χ3v) is 5.68. The Morgan fingerprint density at radius 3 is 2.61 bits per heavy atom. The number of aliphatic hydroxyl groups is 1. The van der Waals surface area contributed by atoms with E-state index in [0.717, 1.165) is 0 Å². The summed E-state index contributed by atoms with van der Waals surface area (Å²) in [6.45, 7) is 1.08. The van der Waals surface area contributed by atoms with Crippen LogP contribution in [0.4, 0.5) is 26.4 Å². The number of amidine groups is 1. The second-order valence-electron chi connectivity index (χ2n) is 7.31. The minimum absolute atomic E-state index is 0.00957. The Hall–Kier alpha value is -3.09. The van der Waals surface area contributed by atoms with Crippen molar-refractivity contribution >= 4 is 50.8 Å². The van der Waals surface area contributed by atoms with Gasteiger partial charge in [0, 0.05) is 25.6 Å². The normalized spacial score (nSPS) is 14.7. The lowest BCUT2D eigenvalue weighted by atomic mass is 9.92. The summed E-state index contributed by atoms with van der Waals surface area (Å²) < 4.78 is 13.6. The average Bonchev–Trinajstić information content (AvgIpc) is 2.84. The molecule has 0 spiro atoms. The maximum absolute atomic E-state index is 13.4. The van der Waals surface area contributed by atoms with E-state index in [4.69, 9.17) is 5.11 Å². The van der Waals surface area contributed by atoms with E-state index in [0.29, 0.717) is 49.7 Å². The highest BCUT2D eigenvalue weighted by atomic mass is 79.9. The molecule has 2 heterocycles. The standard InChI is InChI=1S/C21H24BrFN6O4/c22-16-11-14(1-3-17(16)23)26-20(28-33)19(31)13-5-8-29(9-6-13)21(32)27-15-2-4-18(25-12-15)24-7-10-30/h1-4,11-13,30,33H,5-10H2,(H,24,25)(H,26,28)(H,27,32). The Balaban J connectivity index is 1.54. The van der Waals surface area contributed by atoms with E-state index < -0.39 is 11.7 Å². The van der Waals surface area contributed by atoms with Gasteiger partial charge in [-0.2, -0.15) is 0 Å². The van der Waals surface area contributed by atoms with Gasteiger partial charge < -0.3 is 20.6 Å². The molecule has 1 aliphatic heterocycles. The zero-order valence-corrected chi connectivity index (χ0v) is 19.2. The summed E-state index contributed by atoms with van der Waals surface area (Å²) in [5.74, 6) is -0.917. The first-order chi connectivity index (χ1) is 15.9. The molecule has 0 unspecified atom stereocenters. The number of anilines is 2. The van der Waals surface area contributed by atoms with Crippen molar-refractivity contribution in [2.45, 2.75) is 12.8 Å². The van der Waals surface area contributed by atoms with Crippen LogP contribution in [0.5, 0.6) is 0 Å². The summed E-state index contributed by atoms with van der Waals surface area (Å²) in [4.78, 5) is 35.1. The molecule has 2 aromatic rings. The Morgan fingerprint density at radius 2 is 2.00 bits per heavy atom. The van der Waals surface area contributed by atoms with Gasteiger partial charge >= 0.3 is 6.03 Å². The number of hydrogen-bond donors (Lipinski definition) is 5. The van der Waals surface area contributed by atoms with Gasteiger partial charge in [0.05, 0.1) is 28.7 Å². The number of Topliss-reactive ketones (excluding diaryl/α,β-unsaturated/α-hetero) is 1. The molecule has 0 saturated carbocycles. The van der Waals surface area contributed by atoms with Crippen molar-refractivity contribution in [3.63, 3.8) is 0 Å². The number of aliphatic imine (C=N–C) groups is 1. The van der Waals surface area contributed by atoms with E-state index in [1.807, 2.05) is 5.48 Å². The number of pyridine rings is 1. The monoisotopic (exact) mass is 522 g/mol. The molecule has 1 saturated heterocycles. The molecule has 1 fully saturated rings. The molecule has 0 radical (unpaired) electrons. The molecule has 2 amide bonds. The van der Waals surface area contributed by atoms with Crippen molar-refractivity contribution in [3.8, 4) is 0 Å². The Labute approximate surface area is 198 Å². The quantitative estimate of drug-likeness (QED) is 0.214. The van der Waals surface area contributed by atoms with Crippen molar-refractivity contribution in [3.05, 3.63) is 46.8 Å². The van der Waals surface area contributed by atoms with Gasteiger partial charge in [0.15, 0.2) is 5.84 Å². The smallest absolute Gasteiger partial charge is 0.321 e. The van der Waals surface area contributed by atoms with E-state index in [1.165, 1.54) is 24.4 Å². The first-order valence-electron chi connectivity index (χ1n) is 10.3. The second kappa shape index (κ2) is 11.7. The van der Waals surface area contributed by atoms with Gasteiger partial charge in [0.25, 0.3) is 0 Å². The summed E-state index contributed by atoms with van der Waals surface area (Å²) in [6, 6.07) is 7.08. The van der Waals surface area contributed by atoms with Gasteiger partial charge in [-0.05, 0) is 59.1 Å². The molecule has 0 atom stereocenters. The molecule has 0 aliphatic carbocycles. The molecular formula is C21H24BrFN6O4. The number of nitrogens with zero attached hydrogens (tertiary/aromatic N) is 3. The number of amides is 2. The number of ketones is 1.